The van der Waals surface area contributed by atoms with Crippen molar-refractivity contribution in [1.82, 2.24) is 9.80 Å². The van der Waals surface area contributed by atoms with E-state index in [4.69, 9.17) is 0 Å². The van der Waals surface area contributed by atoms with Crippen LogP contribution in [0.2, 0.25) is 0 Å². The molecular weight excluding hydrogens is 449 g/mol. The summed E-state index contributed by atoms with van der Waals surface area (Å²) >= 11 is 0. The van der Waals surface area contributed by atoms with Crippen molar-refractivity contribution >= 4 is 5.91 Å². The third kappa shape index (κ3) is 5.76. The number of carbonyl (C=O) groups is 1. The molecule has 1 amide bonds. The predicted octanol–water partition coefficient (Wildman–Crippen LogP) is 6.80. The normalized spacial score (nSPS) is 17.4. The standard InChI is InChI=1S/C29H31F3N2O/c1-28(2,3)27(35)34-18-17-33(20-26(34)23-9-5-4-6-10-23)19-21-13-15-22(16-14-21)24-11-7-8-12-25(24)29(30,31)32/h4-16,26H,17-20H2,1-3H3. The van der Waals surface area contributed by atoms with Crippen molar-refractivity contribution < 1.29 is 18.0 Å². The zero-order valence-electron chi connectivity index (χ0n) is 20.3. The van der Waals surface area contributed by atoms with Crippen LogP contribution in [0.1, 0.15) is 43.5 Å². The molecular formula is C29H31F3N2O. The van der Waals surface area contributed by atoms with E-state index < -0.39 is 17.2 Å². The molecule has 0 aliphatic carbocycles. The van der Waals surface area contributed by atoms with Crippen LogP contribution in [0.15, 0.2) is 78.9 Å². The Morgan fingerprint density at radius 3 is 2.11 bits per heavy atom. The second-order valence-electron chi connectivity index (χ2n) is 10.2. The Hall–Kier alpha value is -3.12. The van der Waals surface area contributed by atoms with Crippen molar-refractivity contribution in [1.29, 1.82) is 0 Å². The number of benzene rings is 3. The average Bonchev–Trinajstić information content (AvgIpc) is 2.83. The summed E-state index contributed by atoms with van der Waals surface area (Å²) in [5.41, 5.74) is 1.78. The molecule has 1 aliphatic rings. The Bertz CT molecular complexity index is 1150. The minimum absolute atomic E-state index is 0.0467. The highest BCUT2D eigenvalue weighted by atomic mass is 19.4. The number of amides is 1. The molecule has 4 rings (SSSR count). The Balaban J connectivity index is 1.52. The Kier molecular flexibility index (Phi) is 7.04. The monoisotopic (exact) mass is 480 g/mol. The van der Waals surface area contributed by atoms with Gasteiger partial charge in [0.2, 0.25) is 5.91 Å². The molecule has 0 N–H and O–H groups in total. The maximum absolute atomic E-state index is 13.4. The van der Waals surface area contributed by atoms with Crippen molar-refractivity contribution in [3.05, 3.63) is 95.6 Å². The lowest BCUT2D eigenvalue weighted by Crippen LogP contribution is -2.53. The lowest BCUT2D eigenvalue weighted by atomic mass is 9.91. The highest BCUT2D eigenvalue weighted by Crippen LogP contribution is 2.37. The molecule has 0 saturated carbocycles. The highest BCUT2D eigenvalue weighted by molar-refractivity contribution is 5.82. The minimum atomic E-state index is -4.40. The molecule has 1 unspecified atom stereocenters. The van der Waals surface area contributed by atoms with Gasteiger partial charge in [0.15, 0.2) is 0 Å². The minimum Gasteiger partial charge on any atom is -0.333 e. The van der Waals surface area contributed by atoms with Gasteiger partial charge < -0.3 is 4.90 Å². The van der Waals surface area contributed by atoms with E-state index in [1.807, 2.05) is 56.0 Å². The number of hydrogen-bond acceptors (Lipinski definition) is 2. The molecule has 0 spiro atoms. The maximum Gasteiger partial charge on any atom is 0.417 e. The van der Waals surface area contributed by atoms with E-state index in [1.165, 1.54) is 12.1 Å². The van der Waals surface area contributed by atoms with Gasteiger partial charge in [0.05, 0.1) is 11.6 Å². The molecule has 1 atom stereocenters. The molecule has 3 aromatic rings. The summed E-state index contributed by atoms with van der Waals surface area (Å²) in [4.78, 5) is 17.5. The van der Waals surface area contributed by atoms with Crippen LogP contribution in [0.3, 0.4) is 0 Å². The van der Waals surface area contributed by atoms with E-state index in [1.54, 1.807) is 18.2 Å². The van der Waals surface area contributed by atoms with Crippen molar-refractivity contribution in [3.8, 4) is 11.1 Å². The van der Waals surface area contributed by atoms with E-state index in [-0.39, 0.29) is 17.5 Å². The maximum atomic E-state index is 13.4. The van der Waals surface area contributed by atoms with Gasteiger partial charge in [0, 0.05) is 31.6 Å². The first kappa shape index (κ1) is 25.0. The first-order valence-corrected chi connectivity index (χ1v) is 11.9. The van der Waals surface area contributed by atoms with Crippen molar-refractivity contribution in [2.45, 2.75) is 39.5 Å². The van der Waals surface area contributed by atoms with E-state index in [0.717, 1.165) is 23.7 Å². The number of halogens is 3. The summed E-state index contributed by atoms with van der Waals surface area (Å²) in [5, 5.41) is 0. The van der Waals surface area contributed by atoms with Crippen LogP contribution >= 0.6 is 0 Å². The summed E-state index contributed by atoms with van der Waals surface area (Å²) in [7, 11) is 0. The SMILES string of the molecule is CC(C)(C)C(=O)N1CCN(Cc2ccc(-c3ccccc3C(F)(F)F)cc2)CC1c1ccccc1. The number of alkyl halides is 3. The fraction of sp³-hybridized carbons (Fsp3) is 0.345. The Morgan fingerprint density at radius 1 is 0.857 bits per heavy atom. The summed E-state index contributed by atoms with van der Waals surface area (Å²) in [5.74, 6) is 0.138. The molecule has 184 valence electrons. The summed E-state index contributed by atoms with van der Waals surface area (Å²) in [6, 6.07) is 23.0. The lowest BCUT2D eigenvalue weighted by Gasteiger charge is -2.44. The number of piperazine rings is 1. The number of hydrogen-bond donors (Lipinski definition) is 0. The molecule has 0 bridgehead atoms. The van der Waals surface area contributed by atoms with Crippen LogP contribution in [0.5, 0.6) is 0 Å². The first-order chi connectivity index (χ1) is 16.5. The molecule has 0 aromatic heterocycles. The zero-order valence-corrected chi connectivity index (χ0v) is 20.3. The van der Waals surface area contributed by atoms with Crippen molar-refractivity contribution in [3.63, 3.8) is 0 Å². The molecule has 6 heteroatoms. The summed E-state index contributed by atoms with van der Waals surface area (Å²) < 4.78 is 40.3. The smallest absolute Gasteiger partial charge is 0.333 e. The van der Waals surface area contributed by atoms with Gasteiger partial charge in [-0.3, -0.25) is 9.69 Å². The molecule has 1 fully saturated rings. The molecule has 0 radical (unpaired) electrons. The number of rotatable bonds is 4. The fourth-order valence-electron chi connectivity index (χ4n) is 4.65. The molecule has 3 nitrogen and oxygen atoms in total. The highest BCUT2D eigenvalue weighted by Gasteiger charge is 2.36. The van der Waals surface area contributed by atoms with Gasteiger partial charge in [-0.2, -0.15) is 13.2 Å². The number of carbonyl (C=O) groups excluding carboxylic acids is 1. The van der Waals surface area contributed by atoms with Gasteiger partial charge in [-0.05, 0) is 28.3 Å². The molecule has 1 saturated heterocycles. The van der Waals surface area contributed by atoms with Crippen molar-refractivity contribution in [2.75, 3.05) is 19.6 Å². The van der Waals surface area contributed by atoms with Gasteiger partial charge >= 0.3 is 6.18 Å². The van der Waals surface area contributed by atoms with Crippen LogP contribution in [0.25, 0.3) is 11.1 Å². The van der Waals surface area contributed by atoms with E-state index in [9.17, 15) is 18.0 Å². The first-order valence-electron chi connectivity index (χ1n) is 11.9. The van der Waals surface area contributed by atoms with E-state index >= 15 is 0 Å². The second kappa shape index (κ2) is 9.86. The molecule has 3 aromatic carbocycles. The molecule has 35 heavy (non-hydrogen) atoms. The summed E-state index contributed by atoms with van der Waals surface area (Å²) in [6.45, 7) is 8.58. The fourth-order valence-corrected chi connectivity index (χ4v) is 4.65. The van der Waals surface area contributed by atoms with Gasteiger partial charge in [-0.1, -0.05) is 93.6 Å². The largest absolute Gasteiger partial charge is 0.417 e. The van der Waals surface area contributed by atoms with Crippen molar-refractivity contribution in [2.24, 2.45) is 5.41 Å². The predicted molar refractivity (Wildman–Crippen MR) is 133 cm³/mol. The van der Waals surface area contributed by atoms with Crippen LogP contribution in [-0.2, 0) is 17.5 Å². The molecule has 1 heterocycles. The topological polar surface area (TPSA) is 23.6 Å². The van der Waals surface area contributed by atoms with E-state index in [0.29, 0.717) is 25.2 Å². The zero-order chi connectivity index (χ0) is 25.2. The third-order valence-electron chi connectivity index (χ3n) is 6.45. The van der Waals surface area contributed by atoms with Gasteiger partial charge in [-0.25, -0.2) is 0 Å². The Labute approximate surface area is 205 Å². The lowest BCUT2D eigenvalue weighted by molar-refractivity contribution is -0.145. The van der Waals surface area contributed by atoms with Crippen LogP contribution in [0.4, 0.5) is 13.2 Å². The second-order valence-corrected chi connectivity index (χ2v) is 10.2. The Morgan fingerprint density at radius 2 is 1.49 bits per heavy atom. The van der Waals surface area contributed by atoms with Gasteiger partial charge in [-0.15, -0.1) is 0 Å². The number of nitrogens with zero attached hydrogens (tertiary/aromatic N) is 2. The van der Waals surface area contributed by atoms with E-state index in [2.05, 4.69) is 17.0 Å². The van der Waals surface area contributed by atoms with Gasteiger partial charge in [0.25, 0.3) is 0 Å². The quantitative estimate of drug-likeness (QED) is 0.410. The van der Waals surface area contributed by atoms with Crippen LogP contribution in [-0.4, -0.2) is 35.3 Å². The summed E-state index contributed by atoms with van der Waals surface area (Å²) in [6.07, 6.45) is -4.40. The van der Waals surface area contributed by atoms with Crippen LogP contribution in [0, 0.1) is 5.41 Å². The van der Waals surface area contributed by atoms with Crippen LogP contribution < -0.4 is 0 Å². The molecule has 1 aliphatic heterocycles. The third-order valence-corrected chi connectivity index (χ3v) is 6.45. The van der Waals surface area contributed by atoms with Gasteiger partial charge in [0.1, 0.15) is 0 Å². The average molecular weight is 481 g/mol.